The molecule has 1 atom stereocenters. The van der Waals surface area contributed by atoms with Gasteiger partial charge in [-0.25, -0.2) is 14.4 Å². The molecule has 0 saturated heterocycles. The number of benzene rings is 1. The molecule has 1 amide bonds. The van der Waals surface area contributed by atoms with Gasteiger partial charge >= 0.3 is 0 Å². The molecule has 5 nitrogen and oxygen atoms in total. The molecule has 6 heteroatoms. The first-order valence-electron chi connectivity index (χ1n) is 10.1. The number of rotatable bonds is 5. The van der Waals surface area contributed by atoms with Gasteiger partial charge in [0.05, 0.1) is 18.1 Å². The van der Waals surface area contributed by atoms with Crippen LogP contribution in [0.4, 0.5) is 4.39 Å². The highest BCUT2D eigenvalue weighted by Gasteiger charge is 2.72. The Balaban J connectivity index is 1.22. The molecule has 3 fully saturated rings. The molecule has 1 unspecified atom stereocenters. The summed E-state index contributed by atoms with van der Waals surface area (Å²) in [6.45, 7) is 4.32. The third-order valence-electron chi connectivity index (χ3n) is 6.62. The van der Waals surface area contributed by atoms with E-state index in [9.17, 15) is 9.18 Å². The highest BCUT2D eigenvalue weighted by molar-refractivity contribution is 5.88. The minimum atomic E-state index is -0.326. The van der Waals surface area contributed by atoms with Gasteiger partial charge in [-0.2, -0.15) is 5.10 Å². The van der Waals surface area contributed by atoms with Crippen LogP contribution in [0.25, 0.3) is 0 Å². The average molecular weight is 393 g/mol. The Morgan fingerprint density at radius 3 is 2.72 bits per heavy atom. The van der Waals surface area contributed by atoms with Crippen LogP contribution in [-0.2, 0) is 4.79 Å². The topological polar surface area (TPSA) is 54.8 Å². The third kappa shape index (κ3) is 2.93. The molecular weight excluding hydrogens is 369 g/mol. The molecule has 1 aromatic carbocycles. The van der Waals surface area contributed by atoms with Crippen LogP contribution in [0.5, 0.6) is 5.88 Å². The van der Waals surface area contributed by atoms with E-state index in [1.54, 1.807) is 30.4 Å². The highest BCUT2D eigenvalue weighted by atomic mass is 19.1. The van der Waals surface area contributed by atoms with E-state index in [0.717, 1.165) is 30.4 Å². The van der Waals surface area contributed by atoms with Crippen LogP contribution in [0.1, 0.15) is 48.4 Å². The maximum atomic E-state index is 14.0. The molecular formula is C23H24FN3O2. The number of nitrogens with zero attached hydrogens (tertiary/aromatic N) is 3. The largest absolute Gasteiger partial charge is 0.477 e. The number of hydrogen-bond acceptors (Lipinski definition) is 4. The summed E-state index contributed by atoms with van der Waals surface area (Å²) < 4.78 is 19.9. The molecule has 2 bridgehead atoms. The van der Waals surface area contributed by atoms with Gasteiger partial charge in [0, 0.05) is 30.3 Å². The zero-order valence-corrected chi connectivity index (χ0v) is 16.7. The summed E-state index contributed by atoms with van der Waals surface area (Å²) in [5, 5.41) is 5.92. The standard InChI is InChI=1S/C23H24FN3O2/c1-15-3-6-20(25-10-15)29-14-22-11-23(12-22,13-22)21(28)27-19(7-8-26-27)17-5-4-16(2)18(24)9-17/h3-6,8-10,19H,7,11-14H2,1-2H3. The predicted molar refractivity (Wildman–Crippen MR) is 107 cm³/mol. The average Bonchev–Trinajstić information content (AvgIpc) is 3.13. The van der Waals surface area contributed by atoms with Gasteiger partial charge in [0.2, 0.25) is 11.8 Å². The van der Waals surface area contributed by atoms with Gasteiger partial charge in [0.1, 0.15) is 5.82 Å². The Hall–Kier alpha value is -2.76. The predicted octanol–water partition coefficient (Wildman–Crippen LogP) is 4.35. The minimum absolute atomic E-state index is 0.0626. The molecule has 150 valence electrons. The molecule has 0 radical (unpaired) electrons. The Bertz CT molecular complexity index is 982. The number of hydrazone groups is 1. The number of aryl methyl sites for hydroxylation is 2. The van der Waals surface area contributed by atoms with E-state index in [0.29, 0.717) is 24.5 Å². The van der Waals surface area contributed by atoms with E-state index < -0.39 is 0 Å². The SMILES string of the molecule is Cc1ccc(OCC23CC(C(=O)N4N=CCC4c4ccc(C)c(F)c4)(C2)C3)nc1. The van der Waals surface area contributed by atoms with Crippen LogP contribution in [0.15, 0.2) is 41.6 Å². The molecule has 3 aliphatic carbocycles. The first-order valence-corrected chi connectivity index (χ1v) is 10.1. The third-order valence-corrected chi connectivity index (χ3v) is 6.62. The van der Waals surface area contributed by atoms with Crippen LogP contribution in [0.2, 0.25) is 0 Å². The maximum absolute atomic E-state index is 14.0. The lowest BCUT2D eigenvalue weighted by atomic mass is 9.35. The fourth-order valence-corrected chi connectivity index (χ4v) is 5.09. The number of carbonyl (C=O) groups is 1. The van der Waals surface area contributed by atoms with Gasteiger partial charge in [0.15, 0.2) is 0 Å². The van der Waals surface area contributed by atoms with Gasteiger partial charge in [-0.1, -0.05) is 18.2 Å². The van der Waals surface area contributed by atoms with E-state index in [2.05, 4.69) is 10.1 Å². The molecule has 0 spiro atoms. The second kappa shape index (κ2) is 6.37. The Morgan fingerprint density at radius 1 is 1.24 bits per heavy atom. The zero-order valence-electron chi connectivity index (χ0n) is 16.7. The van der Waals surface area contributed by atoms with Crippen molar-refractivity contribution in [3.8, 4) is 5.88 Å². The number of ether oxygens (including phenoxy) is 1. The Kier molecular flexibility index (Phi) is 4.02. The number of hydrogen-bond donors (Lipinski definition) is 0. The molecule has 0 N–H and O–H groups in total. The molecule has 1 aromatic heterocycles. The van der Waals surface area contributed by atoms with E-state index in [1.165, 1.54) is 6.07 Å². The quantitative estimate of drug-likeness (QED) is 0.759. The Morgan fingerprint density at radius 2 is 2.03 bits per heavy atom. The second-order valence-electron chi connectivity index (χ2n) is 8.98. The number of pyridine rings is 1. The van der Waals surface area contributed by atoms with Crippen LogP contribution >= 0.6 is 0 Å². The van der Waals surface area contributed by atoms with E-state index in [-0.39, 0.29) is 28.6 Å². The van der Waals surface area contributed by atoms with Crippen molar-refractivity contribution in [3.63, 3.8) is 0 Å². The molecule has 4 aliphatic rings. The van der Waals surface area contributed by atoms with Crippen molar-refractivity contribution in [2.45, 2.75) is 45.6 Å². The van der Waals surface area contributed by atoms with Crippen LogP contribution in [-0.4, -0.2) is 28.7 Å². The summed E-state index contributed by atoms with van der Waals surface area (Å²) in [5.74, 6) is 0.451. The van der Waals surface area contributed by atoms with Crippen molar-refractivity contribution in [3.05, 3.63) is 59.0 Å². The van der Waals surface area contributed by atoms with Crippen LogP contribution in [0.3, 0.4) is 0 Å². The first-order chi connectivity index (χ1) is 13.9. The molecule has 1 aliphatic heterocycles. The highest BCUT2D eigenvalue weighted by Crippen LogP contribution is 2.74. The van der Waals surface area contributed by atoms with Crippen LogP contribution in [0, 0.1) is 30.5 Å². The summed E-state index contributed by atoms with van der Waals surface area (Å²) in [5.41, 5.74) is 2.26. The van der Waals surface area contributed by atoms with Gasteiger partial charge in [-0.3, -0.25) is 4.79 Å². The van der Waals surface area contributed by atoms with Crippen molar-refractivity contribution in [2.75, 3.05) is 6.61 Å². The summed E-state index contributed by atoms with van der Waals surface area (Å²) >= 11 is 0. The fourth-order valence-electron chi connectivity index (χ4n) is 5.09. The van der Waals surface area contributed by atoms with E-state index in [1.807, 2.05) is 25.1 Å². The number of amides is 1. The molecule has 2 aromatic rings. The first kappa shape index (κ1) is 18.3. The van der Waals surface area contributed by atoms with Crippen LogP contribution < -0.4 is 4.74 Å². The maximum Gasteiger partial charge on any atom is 0.249 e. The molecule has 6 rings (SSSR count). The van der Waals surface area contributed by atoms with Gasteiger partial charge in [-0.15, -0.1) is 0 Å². The fraction of sp³-hybridized carbons (Fsp3) is 0.435. The lowest BCUT2D eigenvalue weighted by Gasteiger charge is -2.69. The zero-order chi connectivity index (χ0) is 20.2. The van der Waals surface area contributed by atoms with Crippen molar-refractivity contribution in [1.82, 2.24) is 9.99 Å². The molecule has 3 saturated carbocycles. The summed E-state index contributed by atoms with van der Waals surface area (Å²) in [7, 11) is 0. The number of aromatic nitrogens is 1. The number of halogens is 1. The van der Waals surface area contributed by atoms with Crippen molar-refractivity contribution in [2.24, 2.45) is 15.9 Å². The molecule has 2 heterocycles. The monoisotopic (exact) mass is 393 g/mol. The normalized spacial score (nSPS) is 29.3. The molecule has 29 heavy (non-hydrogen) atoms. The van der Waals surface area contributed by atoms with Gasteiger partial charge in [0.25, 0.3) is 0 Å². The number of carbonyl (C=O) groups excluding carboxylic acids is 1. The summed E-state index contributed by atoms with van der Waals surface area (Å²) in [6.07, 6.45) is 6.65. The van der Waals surface area contributed by atoms with Gasteiger partial charge in [-0.05, 0) is 55.9 Å². The lowest BCUT2D eigenvalue weighted by Crippen LogP contribution is -2.69. The van der Waals surface area contributed by atoms with Crippen molar-refractivity contribution in [1.29, 1.82) is 0 Å². The van der Waals surface area contributed by atoms with Gasteiger partial charge < -0.3 is 4.74 Å². The summed E-state index contributed by atoms with van der Waals surface area (Å²) in [4.78, 5) is 17.5. The lowest BCUT2D eigenvalue weighted by molar-refractivity contribution is -0.227. The Labute approximate surface area is 169 Å². The van der Waals surface area contributed by atoms with Crippen molar-refractivity contribution >= 4 is 12.1 Å². The summed E-state index contributed by atoms with van der Waals surface area (Å²) in [6, 6.07) is 8.83. The van der Waals surface area contributed by atoms with E-state index in [4.69, 9.17) is 4.74 Å². The van der Waals surface area contributed by atoms with Crippen molar-refractivity contribution < 1.29 is 13.9 Å². The second-order valence-corrected chi connectivity index (χ2v) is 8.98. The minimum Gasteiger partial charge on any atom is -0.477 e. The smallest absolute Gasteiger partial charge is 0.249 e. The van der Waals surface area contributed by atoms with E-state index >= 15 is 0 Å².